The number of halogens is 1. The Kier molecular flexibility index (Phi) is 6.56. The number of nitrogens with zero attached hydrogens (tertiary/aromatic N) is 3. The molecule has 1 fully saturated rings. The predicted molar refractivity (Wildman–Crippen MR) is 116 cm³/mol. The summed E-state index contributed by atoms with van der Waals surface area (Å²) in [7, 11) is 1.63. The number of benzene rings is 2. The predicted octanol–water partition coefficient (Wildman–Crippen LogP) is 3.53. The second kappa shape index (κ2) is 9.11. The first-order chi connectivity index (χ1) is 13.7. The second-order valence-electron chi connectivity index (χ2n) is 7.05. The lowest BCUT2D eigenvalue weighted by Gasteiger charge is -2.30. The van der Waals surface area contributed by atoms with Crippen molar-refractivity contribution >= 4 is 18.3 Å². The third-order valence-electron chi connectivity index (χ3n) is 5.07. The van der Waals surface area contributed by atoms with Crippen molar-refractivity contribution in [2.24, 2.45) is 5.73 Å². The first kappa shape index (κ1) is 20.9. The standard InChI is InChI=1S/C22H24N4O2.ClH/c1-28-19-11-9-16(10-12-19)21-20(22(27)25-13-5-6-17(23)14-25)15-26(24-21)18-7-3-2-4-8-18;/h2-4,7-12,15,17H,5-6,13-14,23H2,1H3;1H. The van der Waals surface area contributed by atoms with Gasteiger partial charge in [0.1, 0.15) is 11.4 Å². The monoisotopic (exact) mass is 412 g/mol. The van der Waals surface area contributed by atoms with E-state index in [1.54, 1.807) is 11.8 Å². The first-order valence-corrected chi connectivity index (χ1v) is 9.50. The molecule has 152 valence electrons. The fourth-order valence-electron chi connectivity index (χ4n) is 3.57. The molecule has 2 aromatic carbocycles. The number of amides is 1. The van der Waals surface area contributed by atoms with Crippen LogP contribution < -0.4 is 10.5 Å². The average molecular weight is 413 g/mol. The number of ether oxygens (including phenoxy) is 1. The Morgan fingerprint density at radius 3 is 2.52 bits per heavy atom. The minimum Gasteiger partial charge on any atom is -0.497 e. The van der Waals surface area contributed by atoms with Crippen molar-refractivity contribution in [2.75, 3.05) is 20.2 Å². The summed E-state index contributed by atoms with van der Waals surface area (Å²) in [4.78, 5) is 15.1. The second-order valence-corrected chi connectivity index (χ2v) is 7.05. The summed E-state index contributed by atoms with van der Waals surface area (Å²) in [5, 5.41) is 4.74. The topological polar surface area (TPSA) is 73.4 Å². The number of methoxy groups -OCH3 is 1. The van der Waals surface area contributed by atoms with Crippen LogP contribution >= 0.6 is 12.4 Å². The van der Waals surface area contributed by atoms with Gasteiger partial charge in [-0.3, -0.25) is 4.79 Å². The Morgan fingerprint density at radius 2 is 1.86 bits per heavy atom. The van der Waals surface area contributed by atoms with E-state index in [4.69, 9.17) is 15.6 Å². The third-order valence-corrected chi connectivity index (χ3v) is 5.07. The molecule has 1 saturated heterocycles. The molecule has 0 saturated carbocycles. The molecule has 1 atom stereocenters. The molecule has 7 heteroatoms. The summed E-state index contributed by atoms with van der Waals surface area (Å²) in [6.45, 7) is 1.31. The van der Waals surface area contributed by atoms with Gasteiger partial charge in [-0.15, -0.1) is 12.4 Å². The van der Waals surface area contributed by atoms with Crippen LogP contribution in [0.4, 0.5) is 0 Å². The fraction of sp³-hybridized carbons (Fsp3) is 0.273. The van der Waals surface area contributed by atoms with Gasteiger partial charge in [0.15, 0.2) is 0 Å². The largest absolute Gasteiger partial charge is 0.497 e. The Bertz CT molecular complexity index is 957. The molecule has 4 rings (SSSR count). The molecule has 0 bridgehead atoms. The van der Waals surface area contributed by atoms with E-state index in [0.717, 1.165) is 36.4 Å². The number of nitrogens with two attached hydrogens (primary N) is 1. The lowest BCUT2D eigenvalue weighted by atomic mass is 10.0. The molecule has 1 amide bonds. The molecule has 0 aliphatic carbocycles. The van der Waals surface area contributed by atoms with Crippen molar-refractivity contribution in [3.8, 4) is 22.7 Å². The van der Waals surface area contributed by atoms with Crippen molar-refractivity contribution in [3.05, 3.63) is 66.4 Å². The molecule has 6 nitrogen and oxygen atoms in total. The highest BCUT2D eigenvalue weighted by Gasteiger charge is 2.27. The maximum absolute atomic E-state index is 13.3. The highest BCUT2D eigenvalue weighted by atomic mass is 35.5. The van der Waals surface area contributed by atoms with E-state index < -0.39 is 0 Å². The number of piperidine rings is 1. The van der Waals surface area contributed by atoms with Crippen LogP contribution in [0.2, 0.25) is 0 Å². The Balaban J connectivity index is 0.00000240. The fourth-order valence-corrected chi connectivity index (χ4v) is 3.57. The number of carbonyl (C=O) groups is 1. The van der Waals surface area contributed by atoms with Gasteiger partial charge in [0, 0.05) is 30.9 Å². The molecular weight excluding hydrogens is 388 g/mol. The summed E-state index contributed by atoms with van der Waals surface area (Å²) in [5.41, 5.74) is 9.12. The summed E-state index contributed by atoms with van der Waals surface area (Å²) >= 11 is 0. The number of rotatable bonds is 4. The molecule has 2 N–H and O–H groups in total. The molecule has 1 aliphatic heterocycles. The van der Waals surface area contributed by atoms with Gasteiger partial charge >= 0.3 is 0 Å². The number of para-hydroxylation sites is 1. The van der Waals surface area contributed by atoms with Crippen molar-refractivity contribution in [2.45, 2.75) is 18.9 Å². The Hall–Kier alpha value is -2.83. The van der Waals surface area contributed by atoms with E-state index in [1.807, 2.05) is 65.7 Å². The van der Waals surface area contributed by atoms with Gasteiger partial charge in [-0.25, -0.2) is 4.68 Å². The van der Waals surface area contributed by atoms with Gasteiger partial charge in [0.2, 0.25) is 0 Å². The minimum absolute atomic E-state index is 0. The van der Waals surface area contributed by atoms with Crippen LogP contribution in [0.1, 0.15) is 23.2 Å². The average Bonchev–Trinajstić information content (AvgIpc) is 3.19. The van der Waals surface area contributed by atoms with Crippen molar-refractivity contribution in [3.63, 3.8) is 0 Å². The van der Waals surface area contributed by atoms with E-state index in [2.05, 4.69) is 0 Å². The van der Waals surface area contributed by atoms with Crippen LogP contribution in [0.25, 0.3) is 16.9 Å². The first-order valence-electron chi connectivity index (χ1n) is 9.50. The van der Waals surface area contributed by atoms with Crippen LogP contribution in [0, 0.1) is 0 Å². The summed E-state index contributed by atoms with van der Waals surface area (Å²) in [6, 6.07) is 17.4. The smallest absolute Gasteiger partial charge is 0.257 e. The molecule has 0 spiro atoms. The number of hydrogen-bond acceptors (Lipinski definition) is 4. The van der Waals surface area contributed by atoms with Crippen LogP contribution in [0.5, 0.6) is 5.75 Å². The van der Waals surface area contributed by atoms with Gasteiger partial charge in [-0.2, -0.15) is 5.10 Å². The van der Waals surface area contributed by atoms with Gasteiger partial charge in [-0.1, -0.05) is 18.2 Å². The van der Waals surface area contributed by atoms with E-state index in [1.165, 1.54) is 0 Å². The highest BCUT2D eigenvalue weighted by Crippen LogP contribution is 2.27. The van der Waals surface area contributed by atoms with E-state index in [9.17, 15) is 4.79 Å². The number of likely N-dealkylation sites (tertiary alicyclic amines) is 1. The van der Waals surface area contributed by atoms with Crippen LogP contribution in [-0.4, -0.2) is 46.8 Å². The molecule has 1 aliphatic rings. The van der Waals surface area contributed by atoms with E-state index in [-0.39, 0.29) is 24.4 Å². The SMILES string of the molecule is COc1ccc(-c2nn(-c3ccccc3)cc2C(=O)N2CCCC(N)C2)cc1.Cl. The Labute approximate surface area is 176 Å². The summed E-state index contributed by atoms with van der Waals surface area (Å²) in [6.07, 6.45) is 3.70. The van der Waals surface area contributed by atoms with Crippen LogP contribution in [-0.2, 0) is 0 Å². The van der Waals surface area contributed by atoms with Gasteiger partial charge in [-0.05, 0) is 49.2 Å². The number of hydrogen-bond donors (Lipinski definition) is 1. The van der Waals surface area contributed by atoms with E-state index >= 15 is 0 Å². The lowest BCUT2D eigenvalue weighted by Crippen LogP contribution is -2.45. The molecule has 29 heavy (non-hydrogen) atoms. The molecule has 1 unspecified atom stereocenters. The molecule has 2 heterocycles. The molecular formula is C22H25ClN4O2. The van der Waals surface area contributed by atoms with Gasteiger partial charge < -0.3 is 15.4 Å². The zero-order valence-corrected chi connectivity index (χ0v) is 17.1. The third kappa shape index (κ3) is 4.44. The van der Waals surface area contributed by atoms with Crippen molar-refractivity contribution in [1.29, 1.82) is 0 Å². The van der Waals surface area contributed by atoms with Crippen molar-refractivity contribution in [1.82, 2.24) is 14.7 Å². The summed E-state index contributed by atoms with van der Waals surface area (Å²) < 4.78 is 7.01. The zero-order chi connectivity index (χ0) is 19.5. The highest BCUT2D eigenvalue weighted by molar-refractivity contribution is 6.00. The van der Waals surface area contributed by atoms with Gasteiger partial charge in [0.05, 0.1) is 18.4 Å². The van der Waals surface area contributed by atoms with Crippen LogP contribution in [0.3, 0.4) is 0 Å². The molecule has 0 radical (unpaired) electrons. The number of carbonyl (C=O) groups excluding carboxylic acids is 1. The summed E-state index contributed by atoms with van der Waals surface area (Å²) in [5.74, 6) is 0.740. The lowest BCUT2D eigenvalue weighted by molar-refractivity contribution is 0.0709. The Morgan fingerprint density at radius 1 is 1.14 bits per heavy atom. The normalized spacial score (nSPS) is 16.2. The quantitative estimate of drug-likeness (QED) is 0.711. The van der Waals surface area contributed by atoms with Crippen LogP contribution in [0.15, 0.2) is 60.8 Å². The molecule has 1 aromatic heterocycles. The van der Waals surface area contributed by atoms with Crippen molar-refractivity contribution < 1.29 is 9.53 Å². The number of aromatic nitrogens is 2. The maximum atomic E-state index is 13.3. The van der Waals surface area contributed by atoms with E-state index in [0.29, 0.717) is 17.8 Å². The minimum atomic E-state index is -0.0249. The van der Waals surface area contributed by atoms with Gasteiger partial charge in [0.25, 0.3) is 5.91 Å². The molecule has 3 aromatic rings. The zero-order valence-electron chi connectivity index (χ0n) is 16.3. The maximum Gasteiger partial charge on any atom is 0.257 e.